The minimum atomic E-state index is -0.407. The summed E-state index contributed by atoms with van der Waals surface area (Å²) in [7, 11) is 1.76. The number of carbonyl (C=O) groups excluding carboxylic acids is 1. The molecule has 0 aliphatic heterocycles. The Morgan fingerprint density at radius 1 is 1.17 bits per heavy atom. The van der Waals surface area contributed by atoms with E-state index in [1.807, 2.05) is 65.0 Å². The molecular formula is C24H28ClN3O2. The maximum atomic E-state index is 13.5. The predicted molar refractivity (Wildman–Crippen MR) is 122 cm³/mol. The predicted octanol–water partition coefficient (Wildman–Crippen LogP) is 5.30. The first-order chi connectivity index (χ1) is 14.0. The molecule has 3 rings (SSSR count). The summed E-state index contributed by atoms with van der Waals surface area (Å²) in [4.78, 5) is 32.9. The summed E-state index contributed by atoms with van der Waals surface area (Å²) in [5, 5.41) is 1.10. The average Bonchev–Trinajstić information content (AvgIpc) is 2.68. The van der Waals surface area contributed by atoms with Gasteiger partial charge in [0.15, 0.2) is 0 Å². The van der Waals surface area contributed by atoms with Crippen LogP contribution >= 0.6 is 11.6 Å². The van der Waals surface area contributed by atoms with Crippen LogP contribution in [-0.2, 0) is 4.79 Å². The number of amides is 1. The summed E-state index contributed by atoms with van der Waals surface area (Å²) < 4.78 is 1.59. The minimum Gasteiger partial charge on any atom is -0.336 e. The van der Waals surface area contributed by atoms with Gasteiger partial charge in [-0.15, -0.1) is 0 Å². The molecule has 0 fully saturated rings. The molecular weight excluding hydrogens is 398 g/mol. The summed E-state index contributed by atoms with van der Waals surface area (Å²) in [6.45, 7) is 9.87. The lowest BCUT2D eigenvalue weighted by atomic mass is 9.91. The third kappa shape index (κ3) is 4.26. The molecule has 30 heavy (non-hydrogen) atoms. The van der Waals surface area contributed by atoms with E-state index in [-0.39, 0.29) is 16.9 Å². The Bertz CT molecular complexity index is 1160. The SMILES string of the molecule is Cc1c(Cl)cccc1-n1c(C(C)N(C)C(=O)CC(C)(C)C)nc2ccccc2c1=O. The van der Waals surface area contributed by atoms with Gasteiger partial charge in [-0.1, -0.05) is 50.6 Å². The van der Waals surface area contributed by atoms with Crippen molar-refractivity contribution in [1.82, 2.24) is 14.5 Å². The third-order valence-corrected chi connectivity index (χ3v) is 5.72. The molecule has 0 spiro atoms. The highest BCUT2D eigenvalue weighted by molar-refractivity contribution is 6.31. The Morgan fingerprint density at radius 3 is 2.50 bits per heavy atom. The molecule has 1 unspecified atom stereocenters. The van der Waals surface area contributed by atoms with Gasteiger partial charge in [0.05, 0.1) is 22.6 Å². The van der Waals surface area contributed by atoms with Gasteiger partial charge in [-0.2, -0.15) is 0 Å². The Morgan fingerprint density at radius 2 is 1.83 bits per heavy atom. The molecule has 1 heterocycles. The highest BCUT2D eigenvalue weighted by Gasteiger charge is 2.27. The normalized spacial score (nSPS) is 12.8. The lowest BCUT2D eigenvalue weighted by molar-refractivity contribution is -0.133. The Hall–Kier alpha value is -2.66. The summed E-state index contributed by atoms with van der Waals surface area (Å²) in [6.07, 6.45) is 0.405. The molecule has 6 heteroatoms. The molecule has 0 saturated carbocycles. The highest BCUT2D eigenvalue weighted by atomic mass is 35.5. The molecule has 0 saturated heterocycles. The van der Waals surface area contributed by atoms with Crippen LogP contribution in [0.25, 0.3) is 16.6 Å². The number of aromatic nitrogens is 2. The van der Waals surface area contributed by atoms with Crippen LogP contribution in [0.15, 0.2) is 47.3 Å². The third-order valence-electron chi connectivity index (χ3n) is 5.31. The van der Waals surface area contributed by atoms with Gasteiger partial charge in [0.1, 0.15) is 5.82 Å². The van der Waals surface area contributed by atoms with E-state index in [2.05, 4.69) is 0 Å². The number of nitrogens with zero attached hydrogens (tertiary/aromatic N) is 3. The lowest BCUT2D eigenvalue weighted by Crippen LogP contribution is -2.36. The van der Waals surface area contributed by atoms with E-state index in [1.54, 1.807) is 28.6 Å². The number of rotatable bonds is 4. The molecule has 0 N–H and O–H groups in total. The summed E-state index contributed by atoms with van der Waals surface area (Å²) >= 11 is 6.35. The first kappa shape index (κ1) is 22.0. The second-order valence-electron chi connectivity index (χ2n) is 8.93. The fraction of sp³-hybridized carbons (Fsp3) is 0.375. The zero-order valence-corrected chi connectivity index (χ0v) is 19.1. The smallest absolute Gasteiger partial charge is 0.266 e. The zero-order valence-electron chi connectivity index (χ0n) is 18.4. The summed E-state index contributed by atoms with van der Waals surface area (Å²) in [5.74, 6) is 0.514. The van der Waals surface area contributed by atoms with Gasteiger partial charge in [-0.25, -0.2) is 4.98 Å². The van der Waals surface area contributed by atoms with Crippen molar-refractivity contribution in [3.8, 4) is 5.69 Å². The van der Waals surface area contributed by atoms with Crippen LogP contribution in [0, 0.1) is 12.3 Å². The van der Waals surface area contributed by atoms with Gasteiger partial charge < -0.3 is 4.90 Å². The van der Waals surface area contributed by atoms with Crippen LogP contribution < -0.4 is 5.56 Å². The van der Waals surface area contributed by atoms with Crippen LogP contribution in [-0.4, -0.2) is 27.4 Å². The molecule has 0 aliphatic carbocycles. The highest BCUT2D eigenvalue weighted by Crippen LogP contribution is 2.28. The standard InChI is InChI=1S/C24H28ClN3O2/c1-15-18(25)11-9-13-20(15)28-22(16(2)27(6)21(29)14-24(3,4)5)26-19-12-8-7-10-17(19)23(28)30/h7-13,16H,14H2,1-6H3. The molecule has 1 amide bonds. The lowest BCUT2D eigenvalue weighted by Gasteiger charge is -2.29. The molecule has 0 aliphatic rings. The molecule has 3 aromatic rings. The summed E-state index contributed by atoms with van der Waals surface area (Å²) in [5.41, 5.74) is 1.76. The average molecular weight is 426 g/mol. The van der Waals surface area contributed by atoms with Crippen LogP contribution in [0.1, 0.15) is 51.5 Å². The van der Waals surface area contributed by atoms with Crippen molar-refractivity contribution >= 4 is 28.4 Å². The van der Waals surface area contributed by atoms with E-state index in [9.17, 15) is 9.59 Å². The van der Waals surface area contributed by atoms with E-state index >= 15 is 0 Å². The van der Waals surface area contributed by atoms with Crippen LogP contribution in [0.2, 0.25) is 5.02 Å². The van der Waals surface area contributed by atoms with Crippen molar-refractivity contribution in [2.45, 2.75) is 47.1 Å². The topological polar surface area (TPSA) is 55.2 Å². The van der Waals surface area contributed by atoms with Gasteiger partial charge in [0.25, 0.3) is 5.56 Å². The van der Waals surface area contributed by atoms with Crippen LogP contribution in [0.5, 0.6) is 0 Å². The van der Waals surface area contributed by atoms with Crippen molar-refractivity contribution in [1.29, 1.82) is 0 Å². The van der Waals surface area contributed by atoms with Crippen LogP contribution in [0.4, 0.5) is 0 Å². The van der Waals surface area contributed by atoms with Gasteiger partial charge in [-0.05, 0) is 49.1 Å². The van der Waals surface area contributed by atoms with Gasteiger partial charge in [-0.3, -0.25) is 14.2 Å². The first-order valence-electron chi connectivity index (χ1n) is 10.0. The van der Waals surface area contributed by atoms with E-state index in [0.717, 1.165) is 5.56 Å². The Kier molecular flexibility index (Phi) is 6.04. The number of hydrogen-bond donors (Lipinski definition) is 0. The van der Waals surface area contributed by atoms with Crippen molar-refractivity contribution in [3.63, 3.8) is 0 Å². The number of hydrogen-bond acceptors (Lipinski definition) is 3. The molecule has 1 atom stereocenters. The molecule has 0 bridgehead atoms. The molecule has 1 aromatic heterocycles. The van der Waals surface area contributed by atoms with E-state index in [1.165, 1.54) is 0 Å². The number of halogens is 1. The number of benzene rings is 2. The monoisotopic (exact) mass is 425 g/mol. The van der Waals surface area contributed by atoms with Gasteiger partial charge in [0, 0.05) is 18.5 Å². The maximum Gasteiger partial charge on any atom is 0.266 e. The fourth-order valence-electron chi connectivity index (χ4n) is 3.47. The largest absolute Gasteiger partial charge is 0.336 e. The number of para-hydroxylation sites is 1. The van der Waals surface area contributed by atoms with E-state index < -0.39 is 6.04 Å². The number of carbonyl (C=O) groups is 1. The Labute approximate surface area is 182 Å². The maximum absolute atomic E-state index is 13.5. The minimum absolute atomic E-state index is 0.00627. The molecule has 5 nitrogen and oxygen atoms in total. The second kappa shape index (κ2) is 8.23. The first-order valence-corrected chi connectivity index (χ1v) is 10.4. The van der Waals surface area contributed by atoms with Crippen molar-refractivity contribution < 1.29 is 4.79 Å². The fourth-order valence-corrected chi connectivity index (χ4v) is 3.64. The summed E-state index contributed by atoms with van der Waals surface area (Å²) in [6, 6.07) is 12.3. The molecule has 2 aromatic carbocycles. The van der Waals surface area contributed by atoms with Crippen molar-refractivity contribution in [2.24, 2.45) is 5.41 Å². The van der Waals surface area contributed by atoms with E-state index in [4.69, 9.17) is 16.6 Å². The molecule has 0 radical (unpaired) electrons. The van der Waals surface area contributed by atoms with Crippen molar-refractivity contribution in [2.75, 3.05) is 7.05 Å². The second-order valence-corrected chi connectivity index (χ2v) is 9.34. The van der Waals surface area contributed by atoms with E-state index in [0.29, 0.717) is 33.9 Å². The van der Waals surface area contributed by atoms with Crippen molar-refractivity contribution in [3.05, 3.63) is 69.2 Å². The quantitative estimate of drug-likeness (QED) is 0.569. The number of fused-ring (bicyclic) bond motifs is 1. The van der Waals surface area contributed by atoms with Gasteiger partial charge in [0.2, 0.25) is 5.91 Å². The van der Waals surface area contributed by atoms with Crippen LogP contribution in [0.3, 0.4) is 0 Å². The molecule has 158 valence electrons. The zero-order chi connectivity index (χ0) is 22.2. The Balaban J connectivity index is 2.24. The van der Waals surface area contributed by atoms with Gasteiger partial charge >= 0.3 is 0 Å².